The first-order valence-corrected chi connectivity index (χ1v) is 7.68. The molecular weight excluding hydrogens is 304 g/mol. The Morgan fingerprint density at radius 2 is 1.68 bits per heavy atom. The number of hydrogen-bond donors (Lipinski definition) is 3. The van der Waals surface area contributed by atoms with E-state index in [4.69, 9.17) is 11.6 Å². The molecule has 1 rings (SSSR count). The number of carboxylic acid groups (broad SMARTS) is 1. The van der Waals surface area contributed by atoms with Crippen molar-refractivity contribution in [1.82, 2.24) is 5.32 Å². The van der Waals surface area contributed by atoms with Gasteiger partial charge in [-0.1, -0.05) is 25.4 Å². The van der Waals surface area contributed by atoms with Crippen LogP contribution in [0.4, 0.5) is 10.5 Å². The second-order valence-corrected chi connectivity index (χ2v) is 5.90. The second-order valence-electron chi connectivity index (χ2n) is 5.52. The van der Waals surface area contributed by atoms with Gasteiger partial charge in [0.15, 0.2) is 0 Å². The van der Waals surface area contributed by atoms with E-state index in [9.17, 15) is 14.7 Å². The highest BCUT2D eigenvalue weighted by atomic mass is 35.5. The van der Waals surface area contributed by atoms with Crippen LogP contribution >= 0.6 is 11.6 Å². The maximum Gasteiger partial charge on any atom is 0.319 e. The summed E-state index contributed by atoms with van der Waals surface area (Å²) in [4.78, 5) is 23.4. The Hall–Kier alpha value is -1.75. The zero-order valence-corrected chi connectivity index (χ0v) is 14.2. The minimum absolute atomic E-state index is 0.0900. The molecule has 0 atom stereocenters. The Labute approximate surface area is 136 Å². The fourth-order valence-electron chi connectivity index (χ4n) is 2.32. The lowest BCUT2D eigenvalue weighted by Crippen LogP contribution is -2.43. The van der Waals surface area contributed by atoms with Crippen molar-refractivity contribution in [3.8, 4) is 0 Å². The first-order chi connectivity index (χ1) is 10.3. The second kappa shape index (κ2) is 7.49. The number of anilines is 1. The lowest BCUT2D eigenvalue weighted by Gasteiger charge is -2.26. The molecule has 0 saturated heterocycles. The molecule has 0 aliphatic carbocycles. The molecule has 0 fully saturated rings. The molecule has 0 bridgehead atoms. The molecule has 122 valence electrons. The van der Waals surface area contributed by atoms with E-state index in [1.807, 2.05) is 27.7 Å². The zero-order valence-electron chi connectivity index (χ0n) is 13.4. The molecule has 0 saturated carbocycles. The number of halogens is 1. The third-order valence-electron chi connectivity index (χ3n) is 4.09. The van der Waals surface area contributed by atoms with E-state index >= 15 is 0 Å². The topological polar surface area (TPSA) is 78.4 Å². The third-order valence-corrected chi connectivity index (χ3v) is 4.69. The number of benzene rings is 1. The van der Waals surface area contributed by atoms with Crippen LogP contribution in [0.2, 0.25) is 5.02 Å². The summed E-state index contributed by atoms with van der Waals surface area (Å²) in [7, 11) is 0. The molecule has 0 aromatic heterocycles. The number of aryl methyl sites for hydroxylation is 2. The average Bonchev–Trinajstić information content (AvgIpc) is 2.46. The summed E-state index contributed by atoms with van der Waals surface area (Å²) in [5.41, 5.74) is 1.45. The fourth-order valence-corrected chi connectivity index (χ4v) is 2.43. The number of hydrogen-bond acceptors (Lipinski definition) is 2. The van der Waals surface area contributed by atoms with Gasteiger partial charge in [0.05, 0.1) is 5.41 Å². The molecule has 3 N–H and O–H groups in total. The number of amides is 2. The smallest absolute Gasteiger partial charge is 0.319 e. The van der Waals surface area contributed by atoms with Crippen molar-refractivity contribution < 1.29 is 14.7 Å². The van der Waals surface area contributed by atoms with Crippen molar-refractivity contribution in [2.24, 2.45) is 5.41 Å². The van der Waals surface area contributed by atoms with Crippen molar-refractivity contribution in [1.29, 1.82) is 0 Å². The van der Waals surface area contributed by atoms with Gasteiger partial charge in [-0.25, -0.2) is 4.79 Å². The van der Waals surface area contributed by atoms with Gasteiger partial charge in [-0.2, -0.15) is 0 Å². The predicted octanol–water partition coefficient (Wildman–Crippen LogP) is 3.97. The Balaban J connectivity index is 2.73. The lowest BCUT2D eigenvalue weighted by molar-refractivity contribution is -0.149. The van der Waals surface area contributed by atoms with E-state index in [1.165, 1.54) is 0 Å². The van der Waals surface area contributed by atoms with Gasteiger partial charge in [-0.3, -0.25) is 4.79 Å². The summed E-state index contributed by atoms with van der Waals surface area (Å²) in [6, 6.07) is 3.13. The number of rotatable bonds is 6. The first-order valence-electron chi connectivity index (χ1n) is 7.30. The fraction of sp³-hybridized carbons (Fsp3) is 0.500. The molecule has 0 spiro atoms. The van der Waals surface area contributed by atoms with Crippen LogP contribution in [0.1, 0.15) is 37.8 Å². The molecule has 22 heavy (non-hydrogen) atoms. The summed E-state index contributed by atoms with van der Waals surface area (Å²) in [5.74, 6) is -0.893. The van der Waals surface area contributed by atoms with Gasteiger partial charge in [0, 0.05) is 17.3 Å². The molecule has 0 radical (unpaired) electrons. The highest BCUT2D eigenvalue weighted by molar-refractivity contribution is 6.32. The van der Waals surface area contributed by atoms with E-state index in [0.29, 0.717) is 23.6 Å². The minimum Gasteiger partial charge on any atom is -0.481 e. The van der Waals surface area contributed by atoms with E-state index in [-0.39, 0.29) is 6.54 Å². The molecule has 2 amide bonds. The number of nitrogens with one attached hydrogen (secondary N) is 2. The van der Waals surface area contributed by atoms with Crippen molar-refractivity contribution in [3.63, 3.8) is 0 Å². The number of carboxylic acids is 1. The molecule has 0 aliphatic rings. The molecule has 5 nitrogen and oxygen atoms in total. The molecule has 0 heterocycles. The standard InChI is InChI=1S/C16H23ClN2O3/c1-5-16(6-2,14(20)21)9-18-15(22)19-12-7-10(3)13(17)11(4)8-12/h7-8H,5-6,9H2,1-4H3,(H,20,21)(H2,18,19,22). The number of aliphatic carboxylic acids is 1. The highest BCUT2D eigenvalue weighted by Crippen LogP contribution is 2.26. The van der Waals surface area contributed by atoms with E-state index < -0.39 is 17.4 Å². The van der Waals surface area contributed by atoms with Crippen molar-refractivity contribution in [2.75, 3.05) is 11.9 Å². The van der Waals surface area contributed by atoms with Crippen LogP contribution < -0.4 is 10.6 Å². The number of carbonyl (C=O) groups is 2. The minimum atomic E-state index is -0.927. The van der Waals surface area contributed by atoms with Gasteiger partial charge in [-0.05, 0) is 49.9 Å². The molecule has 1 aromatic carbocycles. The van der Waals surface area contributed by atoms with Crippen LogP contribution in [0, 0.1) is 19.3 Å². The monoisotopic (exact) mass is 326 g/mol. The van der Waals surface area contributed by atoms with E-state index in [2.05, 4.69) is 10.6 Å². The van der Waals surface area contributed by atoms with Crippen LogP contribution in [0.3, 0.4) is 0 Å². The molecule has 6 heteroatoms. The highest BCUT2D eigenvalue weighted by Gasteiger charge is 2.35. The Bertz CT molecular complexity index is 546. The molecule has 0 unspecified atom stereocenters. The van der Waals surface area contributed by atoms with Crippen LogP contribution in [0.5, 0.6) is 0 Å². The van der Waals surface area contributed by atoms with Gasteiger partial charge in [0.1, 0.15) is 0 Å². The summed E-state index contributed by atoms with van der Waals surface area (Å²) >= 11 is 6.09. The van der Waals surface area contributed by atoms with E-state index in [1.54, 1.807) is 12.1 Å². The third kappa shape index (κ3) is 4.13. The molecular formula is C16H23ClN2O3. The normalized spacial score (nSPS) is 11.1. The molecule has 1 aromatic rings. The maximum absolute atomic E-state index is 12.0. The van der Waals surface area contributed by atoms with Crippen LogP contribution in [0.15, 0.2) is 12.1 Å². The quantitative estimate of drug-likeness (QED) is 0.740. The largest absolute Gasteiger partial charge is 0.481 e. The summed E-state index contributed by atoms with van der Waals surface area (Å²) < 4.78 is 0. The van der Waals surface area contributed by atoms with Crippen molar-refractivity contribution in [3.05, 3.63) is 28.3 Å². The van der Waals surface area contributed by atoms with Crippen LogP contribution in [-0.2, 0) is 4.79 Å². The Kier molecular flexibility index (Phi) is 6.23. The van der Waals surface area contributed by atoms with E-state index in [0.717, 1.165) is 11.1 Å². The van der Waals surface area contributed by atoms with Gasteiger partial charge >= 0.3 is 12.0 Å². The predicted molar refractivity (Wildman–Crippen MR) is 88.6 cm³/mol. The average molecular weight is 327 g/mol. The van der Waals surface area contributed by atoms with Gasteiger partial charge in [0.25, 0.3) is 0 Å². The van der Waals surface area contributed by atoms with Crippen LogP contribution in [-0.4, -0.2) is 23.7 Å². The first kappa shape index (κ1) is 18.3. The van der Waals surface area contributed by atoms with Crippen LogP contribution in [0.25, 0.3) is 0 Å². The Morgan fingerprint density at radius 1 is 1.18 bits per heavy atom. The Morgan fingerprint density at radius 3 is 2.09 bits per heavy atom. The number of urea groups is 1. The van der Waals surface area contributed by atoms with Gasteiger partial charge in [0.2, 0.25) is 0 Å². The van der Waals surface area contributed by atoms with Crippen molar-refractivity contribution >= 4 is 29.3 Å². The summed E-state index contributed by atoms with van der Waals surface area (Å²) in [6.07, 6.45) is 0.913. The maximum atomic E-state index is 12.0. The van der Waals surface area contributed by atoms with Gasteiger partial charge < -0.3 is 15.7 Å². The molecule has 0 aliphatic heterocycles. The number of carbonyl (C=O) groups excluding carboxylic acids is 1. The lowest BCUT2D eigenvalue weighted by atomic mass is 9.82. The van der Waals surface area contributed by atoms with Crippen molar-refractivity contribution in [2.45, 2.75) is 40.5 Å². The SMILES string of the molecule is CCC(CC)(CNC(=O)Nc1cc(C)c(Cl)c(C)c1)C(=O)O. The van der Waals surface area contributed by atoms with Gasteiger partial charge in [-0.15, -0.1) is 0 Å². The summed E-state index contributed by atoms with van der Waals surface area (Å²) in [6.45, 7) is 7.43. The summed E-state index contributed by atoms with van der Waals surface area (Å²) in [5, 5.41) is 15.4. The zero-order chi connectivity index (χ0) is 16.9.